The molecule has 0 aromatic heterocycles. The summed E-state index contributed by atoms with van der Waals surface area (Å²) < 4.78 is 18.8. The molecule has 0 fully saturated rings. The third-order valence-electron chi connectivity index (χ3n) is 3.08. The first-order chi connectivity index (χ1) is 10.6. The second-order valence-electron chi connectivity index (χ2n) is 4.54. The van der Waals surface area contributed by atoms with Gasteiger partial charge in [0, 0.05) is 17.1 Å². The molecule has 2 rings (SSSR count). The number of methoxy groups -OCH3 is 1. The third-order valence-corrected chi connectivity index (χ3v) is 3.43. The summed E-state index contributed by atoms with van der Waals surface area (Å²) in [5.41, 5.74) is 6.99. The Morgan fingerprint density at radius 2 is 2.05 bits per heavy atom. The van der Waals surface area contributed by atoms with E-state index >= 15 is 0 Å². The number of nitrogens with two attached hydrogens (primary N) is 1. The Hall–Kier alpha value is -2.27. The van der Waals surface area contributed by atoms with Gasteiger partial charge in [-0.05, 0) is 30.7 Å². The Balaban J connectivity index is 1.99. The van der Waals surface area contributed by atoms with Crippen LogP contribution in [0.15, 0.2) is 47.5 Å². The van der Waals surface area contributed by atoms with Gasteiger partial charge < -0.3 is 15.8 Å². The first kappa shape index (κ1) is 16.1. The second kappa shape index (κ2) is 7.66. The van der Waals surface area contributed by atoms with Gasteiger partial charge in [0.15, 0.2) is 5.96 Å². The van der Waals surface area contributed by atoms with E-state index in [4.69, 9.17) is 22.1 Å². The molecule has 2 aromatic carbocycles. The zero-order chi connectivity index (χ0) is 15.9. The van der Waals surface area contributed by atoms with Crippen LogP contribution in [0.3, 0.4) is 0 Å². The number of anilines is 1. The van der Waals surface area contributed by atoms with Gasteiger partial charge in [-0.1, -0.05) is 29.8 Å². The van der Waals surface area contributed by atoms with Gasteiger partial charge in [-0.3, -0.25) is 4.99 Å². The molecule has 0 radical (unpaired) electrons. The number of rotatable bonds is 5. The van der Waals surface area contributed by atoms with Gasteiger partial charge in [0.05, 0.1) is 12.8 Å². The fraction of sp³-hybridized carbons (Fsp3) is 0.188. The molecular weight excluding hydrogens is 305 g/mol. The summed E-state index contributed by atoms with van der Waals surface area (Å²) in [7, 11) is 1.58. The van der Waals surface area contributed by atoms with E-state index in [0.29, 0.717) is 29.3 Å². The van der Waals surface area contributed by atoms with Crippen molar-refractivity contribution >= 4 is 23.2 Å². The fourth-order valence-corrected chi connectivity index (χ4v) is 2.24. The van der Waals surface area contributed by atoms with Crippen LogP contribution in [0.1, 0.15) is 5.56 Å². The highest BCUT2D eigenvalue weighted by molar-refractivity contribution is 6.31. The van der Waals surface area contributed by atoms with Gasteiger partial charge in [0.1, 0.15) is 11.6 Å². The van der Waals surface area contributed by atoms with Crippen molar-refractivity contribution in [2.75, 3.05) is 19.0 Å². The molecule has 116 valence electrons. The lowest BCUT2D eigenvalue weighted by Crippen LogP contribution is -2.23. The quantitative estimate of drug-likeness (QED) is 0.655. The Bertz CT molecular complexity index is 656. The summed E-state index contributed by atoms with van der Waals surface area (Å²) in [5.74, 6) is 0.564. The molecule has 0 saturated heterocycles. The Labute approximate surface area is 133 Å². The summed E-state index contributed by atoms with van der Waals surface area (Å²) in [4.78, 5) is 4.17. The predicted octanol–water partition coefficient (Wildman–Crippen LogP) is 3.46. The van der Waals surface area contributed by atoms with Gasteiger partial charge in [-0.2, -0.15) is 0 Å². The lowest BCUT2D eigenvalue weighted by molar-refractivity contribution is 0.417. The molecule has 6 heteroatoms. The molecule has 22 heavy (non-hydrogen) atoms. The first-order valence-corrected chi connectivity index (χ1v) is 7.12. The van der Waals surface area contributed by atoms with Crippen LogP contribution in [0.2, 0.25) is 5.02 Å². The van der Waals surface area contributed by atoms with E-state index in [2.05, 4.69) is 10.3 Å². The van der Waals surface area contributed by atoms with E-state index in [-0.39, 0.29) is 11.8 Å². The highest BCUT2D eigenvalue weighted by Crippen LogP contribution is 2.22. The van der Waals surface area contributed by atoms with Crippen LogP contribution in [-0.2, 0) is 6.42 Å². The van der Waals surface area contributed by atoms with Gasteiger partial charge in [-0.15, -0.1) is 0 Å². The predicted molar refractivity (Wildman–Crippen MR) is 88.2 cm³/mol. The number of halogens is 2. The maximum Gasteiger partial charge on any atom is 0.193 e. The zero-order valence-corrected chi connectivity index (χ0v) is 12.9. The number of nitrogens with one attached hydrogen (secondary N) is 1. The molecule has 3 N–H and O–H groups in total. The number of hydrogen-bond donors (Lipinski definition) is 2. The molecule has 0 spiro atoms. The molecule has 0 unspecified atom stereocenters. The van der Waals surface area contributed by atoms with E-state index in [1.54, 1.807) is 19.2 Å². The third kappa shape index (κ3) is 4.11. The smallest absolute Gasteiger partial charge is 0.193 e. The molecule has 0 heterocycles. The number of aliphatic imine (C=N–C) groups is 1. The molecule has 0 aliphatic heterocycles. The van der Waals surface area contributed by atoms with Crippen LogP contribution in [0.5, 0.6) is 5.75 Å². The van der Waals surface area contributed by atoms with E-state index in [9.17, 15) is 4.39 Å². The van der Waals surface area contributed by atoms with Crippen molar-refractivity contribution in [3.05, 3.63) is 58.9 Å². The monoisotopic (exact) mass is 321 g/mol. The van der Waals surface area contributed by atoms with Crippen LogP contribution in [0, 0.1) is 5.82 Å². The van der Waals surface area contributed by atoms with E-state index in [0.717, 1.165) is 5.69 Å². The second-order valence-corrected chi connectivity index (χ2v) is 4.95. The standard InChI is InChI=1S/C16H17ClFN3O/c1-22-15-8-3-2-7-14(15)21-16(19)20-10-9-11-12(17)5-4-6-13(11)18/h2-8H,9-10H2,1H3,(H3,19,20,21). The van der Waals surface area contributed by atoms with Crippen molar-refractivity contribution in [1.82, 2.24) is 0 Å². The van der Waals surface area contributed by atoms with Crippen molar-refractivity contribution in [2.45, 2.75) is 6.42 Å². The molecule has 0 bridgehead atoms. The summed E-state index contributed by atoms with van der Waals surface area (Å²) >= 11 is 5.96. The number of guanidine groups is 1. The Kier molecular flexibility index (Phi) is 5.61. The largest absolute Gasteiger partial charge is 0.495 e. The molecule has 0 aliphatic rings. The summed E-state index contributed by atoms with van der Waals surface area (Å²) in [6, 6.07) is 12.0. The van der Waals surface area contributed by atoms with Crippen LogP contribution in [0.4, 0.5) is 10.1 Å². The van der Waals surface area contributed by atoms with E-state index < -0.39 is 0 Å². The Morgan fingerprint density at radius 1 is 1.27 bits per heavy atom. The molecule has 0 saturated carbocycles. The SMILES string of the molecule is COc1ccccc1NC(N)=NCCc1c(F)cccc1Cl. The highest BCUT2D eigenvalue weighted by atomic mass is 35.5. The lowest BCUT2D eigenvalue weighted by atomic mass is 10.1. The number of para-hydroxylation sites is 2. The van der Waals surface area contributed by atoms with E-state index in [1.807, 2.05) is 24.3 Å². The number of nitrogens with zero attached hydrogens (tertiary/aromatic N) is 1. The fourth-order valence-electron chi connectivity index (χ4n) is 1.98. The lowest BCUT2D eigenvalue weighted by Gasteiger charge is -2.10. The van der Waals surface area contributed by atoms with Crippen LogP contribution < -0.4 is 15.8 Å². The molecule has 0 aliphatic carbocycles. The minimum Gasteiger partial charge on any atom is -0.495 e. The van der Waals surface area contributed by atoms with Crippen molar-refractivity contribution in [2.24, 2.45) is 10.7 Å². The van der Waals surface area contributed by atoms with Gasteiger partial charge >= 0.3 is 0 Å². The van der Waals surface area contributed by atoms with Crippen LogP contribution in [0.25, 0.3) is 0 Å². The molecule has 4 nitrogen and oxygen atoms in total. The van der Waals surface area contributed by atoms with E-state index in [1.165, 1.54) is 6.07 Å². The summed E-state index contributed by atoms with van der Waals surface area (Å²) in [6.45, 7) is 0.328. The molecule has 2 aromatic rings. The molecule has 0 amide bonds. The van der Waals surface area contributed by atoms with Crippen molar-refractivity contribution < 1.29 is 9.13 Å². The van der Waals surface area contributed by atoms with Crippen molar-refractivity contribution in [3.63, 3.8) is 0 Å². The first-order valence-electron chi connectivity index (χ1n) is 6.74. The average Bonchev–Trinajstić information content (AvgIpc) is 2.51. The number of hydrogen-bond acceptors (Lipinski definition) is 2. The summed E-state index contributed by atoms with van der Waals surface area (Å²) in [6.07, 6.45) is 0.375. The topological polar surface area (TPSA) is 59.6 Å². The normalized spacial score (nSPS) is 11.3. The van der Waals surface area contributed by atoms with Crippen LogP contribution >= 0.6 is 11.6 Å². The highest BCUT2D eigenvalue weighted by Gasteiger charge is 2.06. The maximum absolute atomic E-state index is 13.6. The minimum atomic E-state index is -0.334. The van der Waals surface area contributed by atoms with Crippen molar-refractivity contribution in [3.8, 4) is 5.75 Å². The Morgan fingerprint density at radius 3 is 2.77 bits per heavy atom. The minimum absolute atomic E-state index is 0.233. The van der Waals surface area contributed by atoms with Crippen LogP contribution in [-0.4, -0.2) is 19.6 Å². The summed E-state index contributed by atoms with van der Waals surface area (Å²) in [5, 5.41) is 3.35. The van der Waals surface area contributed by atoms with Gasteiger partial charge in [-0.25, -0.2) is 4.39 Å². The maximum atomic E-state index is 13.6. The zero-order valence-electron chi connectivity index (χ0n) is 12.1. The number of ether oxygens (including phenoxy) is 1. The number of benzene rings is 2. The van der Waals surface area contributed by atoms with Gasteiger partial charge in [0.2, 0.25) is 0 Å². The average molecular weight is 322 g/mol. The molecular formula is C16H17ClFN3O. The van der Waals surface area contributed by atoms with Gasteiger partial charge in [0.25, 0.3) is 0 Å². The molecule has 0 atom stereocenters. The van der Waals surface area contributed by atoms with Crippen molar-refractivity contribution in [1.29, 1.82) is 0 Å².